The van der Waals surface area contributed by atoms with Crippen molar-refractivity contribution in [1.82, 2.24) is 15.0 Å². The number of H-pyrrole nitrogens is 1. The average Bonchev–Trinajstić information content (AvgIpc) is 2.46. The molecular weight excluding hydrogens is 266 g/mol. The van der Waals surface area contributed by atoms with Crippen molar-refractivity contribution >= 4 is 11.9 Å². The van der Waals surface area contributed by atoms with Crippen LogP contribution in [0.5, 0.6) is 0 Å². The molecule has 0 atom stereocenters. The first kappa shape index (κ1) is 16.4. The minimum absolute atomic E-state index is 0.340. The van der Waals surface area contributed by atoms with Gasteiger partial charge in [-0.05, 0) is 0 Å². The zero-order valence-electron chi connectivity index (χ0n) is 12.2. The van der Waals surface area contributed by atoms with Gasteiger partial charge in [0, 0.05) is 26.2 Å². The summed E-state index contributed by atoms with van der Waals surface area (Å²) in [5.74, 6) is 0.773. The lowest BCUT2D eigenvalue weighted by atomic mass is 10.4. The predicted molar refractivity (Wildman–Crippen MR) is 87.9 cm³/mol. The van der Waals surface area contributed by atoms with Gasteiger partial charge in [0.2, 0.25) is 11.9 Å². The van der Waals surface area contributed by atoms with E-state index in [2.05, 4.69) is 41.3 Å². The molecule has 0 aromatic carbocycles. The summed E-state index contributed by atoms with van der Waals surface area (Å²) in [5.41, 5.74) is -0.453. The summed E-state index contributed by atoms with van der Waals surface area (Å²) in [6, 6.07) is 0. The van der Waals surface area contributed by atoms with Crippen LogP contribution >= 0.6 is 0 Å². The number of anilines is 2. The molecule has 0 saturated carbocycles. The van der Waals surface area contributed by atoms with Crippen LogP contribution in [0.3, 0.4) is 0 Å². The van der Waals surface area contributed by atoms with Gasteiger partial charge in [-0.25, -0.2) is 4.79 Å². The third-order valence-corrected chi connectivity index (χ3v) is 2.61. The lowest BCUT2D eigenvalue weighted by Crippen LogP contribution is -2.32. The summed E-state index contributed by atoms with van der Waals surface area (Å²) in [6.07, 6.45) is 6.90. The van der Waals surface area contributed by atoms with Gasteiger partial charge in [0.15, 0.2) is 0 Å². The highest BCUT2D eigenvalue weighted by Gasteiger charge is 2.13. The summed E-state index contributed by atoms with van der Waals surface area (Å²) in [6.45, 7) is 16.9. The van der Waals surface area contributed by atoms with Gasteiger partial charge < -0.3 is 9.80 Å². The Hall–Kier alpha value is -2.63. The highest BCUT2D eigenvalue weighted by atomic mass is 16.1. The molecule has 0 aliphatic rings. The van der Waals surface area contributed by atoms with E-state index in [1.807, 2.05) is 4.90 Å². The number of aromatic nitrogens is 3. The Balaban J connectivity index is 3.19. The summed E-state index contributed by atoms with van der Waals surface area (Å²) in [5, 5.41) is 0. The molecule has 1 heterocycles. The molecule has 0 radical (unpaired) electrons. The Morgan fingerprint density at radius 1 is 0.857 bits per heavy atom. The van der Waals surface area contributed by atoms with Crippen LogP contribution in [0.25, 0.3) is 0 Å². The zero-order chi connectivity index (χ0) is 15.7. The molecule has 6 heteroatoms. The van der Waals surface area contributed by atoms with Crippen LogP contribution in [0.4, 0.5) is 11.9 Å². The van der Waals surface area contributed by atoms with E-state index < -0.39 is 5.69 Å². The highest BCUT2D eigenvalue weighted by molar-refractivity contribution is 5.40. The summed E-state index contributed by atoms with van der Waals surface area (Å²) >= 11 is 0. The SMILES string of the molecule is C=CCN(CC=C)c1nc(N(CC=C)CC=C)[nH]c(=O)n1. The Kier molecular flexibility index (Phi) is 6.67. The largest absolute Gasteiger partial charge is 0.351 e. The molecule has 0 unspecified atom stereocenters. The average molecular weight is 287 g/mol. The van der Waals surface area contributed by atoms with E-state index >= 15 is 0 Å². The van der Waals surface area contributed by atoms with Crippen molar-refractivity contribution in [1.29, 1.82) is 0 Å². The monoisotopic (exact) mass is 287 g/mol. The fourth-order valence-corrected chi connectivity index (χ4v) is 1.76. The lowest BCUT2D eigenvalue weighted by Gasteiger charge is -2.23. The van der Waals surface area contributed by atoms with Crippen LogP contribution in [0.2, 0.25) is 0 Å². The van der Waals surface area contributed by atoms with E-state index in [-0.39, 0.29) is 0 Å². The quantitative estimate of drug-likeness (QED) is 0.661. The minimum atomic E-state index is -0.453. The van der Waals surface area contributed by atoms with Gasteiger partial charge in [-0.1, -0.05) is 24.3 Å². The van der Waals surface area contributed by atoms with E-state index in [1.54, 1.807) is 29.2 Å². The molecule has 0 saturated heterocycles. The maximum Gasteiger partial charge on any atom is 0.351 e. The van der Waals surface area contributed by atoms with Crippen molar-refractivity contribution in [2.75, 3.05) is 36.0 Å². The fraction of sp³-hybridized carbons (Fsp3) is 0.267. The van der Waals surface area contributed by atoms with Crippen molar-refractivity contribution in [2.24, 2.45) is 0 Å². The molecule has 1 aromatic heterocycles. The zero-order valence-corrected chi connectivity index (χ0v) is 12.2. The van der Waals surface area contributed by atoms with Gasteiger partial charge >= 0.3 is 5.69 Å². The normalized spacial score (nSPS) is 9.71. The molecule has 0 aliphatic heterocycles. The summed E-state index contributed by atoms with van der Waals surface area (Å²) in [7, 11) is 0. The second kappa shape index (κ2) is 8.52. The van der Waals surface area contributed by atoms with Crippen LogP contribution in [-0.4, -0.2) is 41.1 Å². The maximum atomic E-state index is 11.8. The topological polar surface area (TPSA) is 65.1 Å². The van der Waals surface area contributed by atoms with E-state index in [0.29, 0.717) is 38.1 Å². The maximum absolute atomic E-state index is 11.8. The Morgan fingerprint density at radius 2 is 1.33 bits per heavy atom. The van der Waals surface area contributed by atoms with E-state index in [4.69, 9.17) is 0 Å². The number of rotatable bonds is 10. The van der Waals surface area contributed by atoms with Gasteiger partial charge in [-0.2, -0.15) is 9.97 Å². The second-order valence-corrected chi connectivity index (χ2v) is 4.24. The van der Waals surface area contributed by atoms with Crippen LogP contribution in [-0.2, 0) is 0 Å². The van der Waals surface area contributed by atoms with Crippen molar-refractivity contribution in [3.63, 3.8) is 0 Å². The molecule has 0 spiro atoms. The predicted octanol–water partition coefficient (Wildman–Crippen LogP) is 1.52. The fourth-order valence-electron chi connectivity index (χ4n) is 1.76. The molecule has 6 nitrogen and oxygen atoms in total. The lowest BCUT2D eigenvalue weighted by molar-refractivity contribution is 0.815. The molecule has 1 rings (SSSR count). The summed E-state index contributed by atoms with van der Waals surface area (Å²) in [4.78, 5) is 26.4. The Morgan fingerprint density at radius 3 is 1.81 bits per heavy atom. The first-order valence-electron chi connectivity index (χ1n) is 6.58. The van der Waals surface area contributed by atoms with E-state index in [0.717, 1.165) is 0 Å². The van der Waals surface area contributed by atoms with Crippen LogP contribution in [0.15, 0.2) is 55.4 Å². The molecule has 1 N–H and O–H groups in total. The summed E-state index contributed by atoms with van der Waals surface area (Å²) < 4.78 is 0. The molecule has 112 valence electrons. The molecule has 0 bridgehead atoms. The molecular formula is C15H21N5O. The van der Waals surface area contributed by atoms with E-state index in [9.17, 15) is 4.79 Å². The van der Waals surface area contributed by atoms with Gasteiger partial charge in [-0.3, -0.25) is 4.98 Å². The first-order chi connectivity index (χ1) is 10.2. The smallest absolute Gasteiger partial charge is 0.335 e. The Labute approximate surface area is 124 Å². The number of nitrogens with one attached hydrogen (secondary N) is 1. The van der Waals surface area contributed by atoms with E-state index in [1.165, 1.54) is 0 Å². The number of hydrogen-bond donors (Lipinski definition) is 1. The van der Waals surface area contributed by atoms with Crippen molar-refractivity contribution in [2.45, 2.75) is 0 Å². The van der Waals surface area contributed by atoms with Crippen molar-refractivity contribution in [3.8, 4) is 0 Å². The third-order valence-electron chi connectivity index (χ3n) is 2.61. The first-order valence-corrected chi connectivity index (χ1v) is 6.58. The number of hydrogen-bond acceptors (Lipinski definition) is 5. The molecule has 0 amide bonds. The minimum Gasteiger partial charge on any atom is -0.335 e. The molecule has 21 heavy (non-hydrogen) atoms. The van der Waals surface area contributed by atoms with Gasteiger partial charge in [-0.15, -0.1) is 26.3 Å². The van der Waals surface area contributed by atoms with Crippen LogP contribution in [0, 0.1) is 0 Å². The number of nitrogens with zero attached hydrogens (tertiary/aromatic N) is 4. The molecule has 1 aromatic rings. The third kappa shape index (κ3) is 4.76. The van der Waals surface area contributed by atoms with Gasteiger partial charge in [0.25, 0.3) is 0 Å². The van der Waals surface area contributed by atoms with Gasteiger partial charge in [0.1, 0.15) is 0 Å². The van der Waals surface area contributed by atoms with Crippen molar-refractivity contribution in [3.05, 3.63) is 61.1 Å². The molecule has 0 aliphatic carbocycles. The van der Waals surface area contributed by atoms with Gasteiger partial charge in [0.05, 0.1) is 0 Å². The highest BCUT2D eigenvalue weighted by Crippen LogP contribution is 2.11. The van der Waals surface area contributed by atoms with Crippen LogP contribution < -0.4 is 15.5 Å². The standard InChI is InChI=1S/C15H21N5O/c1-5-9-19(10-6-2)13-16-14(18-15(21)17-13)20(11-7-3)12-8-4/h5-8H,1-4,9-12H2,(H,16,17,18,21). The van der Waals surface area contributed by atoms with Crippen LogP contribution in [0.1, 0.15) is 0 Å². The molecule has 0 fully saturated rings. The van der Waals surface area contributed by atoms with Crippen molar-refractivity contribution < 1.29 is 0 Å². The Bertz CT molecular complexity index is 498. The second-order valence-electron chi connectivity index (χ2n) is 4.24. The number of aromatic amines is 1.